The third kappa shape index (κ3) is 5.47. The lowest BCUT2D eigenvalue weighted by Crippen LogP contribution is -2.21. The molecule has 0 fully saturated rings. The van der Waals surface area contributed by atoms with Gasteiger partial charge in [-0.15, -0.1) is 0 Å². The minimum Gasteiger partial charge on any atom is -0.494 e. The summed E-state index contributed by atoms with van der Waals surface area (Å²) >= 11 is 0. The zero-order valence-corrected chi connectivity index (χ0v) is 15.9. The average molecular weight is 386 g/mol. The molecule has 2 N–H and O–H groups in total. The maximum atomic E-state index is 12.4. The number of benzene rings is 2. The molecule has 28 heavy (non-hydrogen) atoms. The third-order valence-electron chi connectivity index (χ3n) is 3.73. The second-order valence-corrected chi connectivity index (χ2v) is 5.64. The van der Waals surface area contributed by atoms with E-state index in [4.69, 9.17) is 14.2 Å². The van der Waals surface area contributed by atoms with Gasteiger partial charge in [-0.3, -0.25) is 14.4 Å². The molecule has 0 aromatic heterocycles. The van der Waals surface area contributed by atoms with Gasteiger partial charge in [0.15, 0.2) is 6.61 Å². The summed E-state index contributed by atoms with van der Waals surface area (Å²) in [6, 6.07) is 11.8. The number of ether oxygens (including phenoxy) is 3. The van der Waals surface area contributed by atoms with Crippen molar-refractivity contribution in [2.75, 3.05) is 31.5 Å². The highest BCUT2D eigenvalue weighted by atomic mass is 16.5. The molecule has 0 saturated carbocycles. The molecule has 2 aromatic carbocycles. The fourth-order valence-corrected chi connectivity index (χ4v) is 2.31. The van der Waals surface area contributed by atoms with Gasteiger partial charge in [-0.05, 0) is 12.1 Å². The van der Waals surface area contributed by atoms with E-state index < -0.39 is 18.5 Å². The van der Waals surface area contributed by atoms with E-state index in [0.29, 0.717) is 28.4 Å². The third-order valence-corrected chi connectivity index (χ3v) is 3.73. The molecule has 0 aliphatic rings. The van der Waals surface area contributed by atoms with Crippen molar-refractivity contribution in [3.63, 3.8) is 0 Å². The summed E-state index contributed by atoms with van der Waals surface area (Å²) in [6.07, 6.45) is 0.181. The number of anilines is 2. The summed E-state index contributed by atoms with van der Waals surface area (Å²) in [6.45, 7) is 1.22. The molecule has 2 aromatic rings. The molecule has 0 aliphatic carbocycles. The van der Waals surface area contributed by atoms with Gasteiger partial charge in [0.25, 0.3) is 11.8 Å². The molecular weight excluding hydrogens is 364 g/mol. The van der Waals surface area contributed by atoms with Crippen molar-refractivity contribution in [3.8, 4) is 11.5 Å². The van der Waals surface area contributed by atoms with Crippen molar-refractivity contribution in [1.29, 1.82) is 0 Å². The Hall–Kier alpha value is -3.55. The standard InChI is InChI=1S/C20H22N2O6/c1-4-19(24)28-12-18(23)21-14-10-17(27-3)15(11-16(14)26-2)22-20(25)13-8-6-5-7-9-13/h5-11H,4,12H2,1-3H3,(H,21,23)(H,22,25). The normalized spacial score (nSPS) is 9.96. The number of rotatable bonds is 8. The molecule has 0 bridgehead atoms. The number of nitrogens with one attached hydrogen (secondary N) is 2. The van der Waals surface area contributed by atoms with E-state index in [1.54, 1.807) is 31.2 Å². The molecule has 2 amide bonds. The summed E-state index contributed by atoms with van der Waals surface area (Å²) < 4.78 is 15.4. The van der Waals surface area contributed by atoms with E-state index in [0.717, 1.165) is 0 Å². The minimum atomic E-state index is -0.525. The lowest BCUT2D eigenvalue weighted by atomic mass is 10.2. The first-order chi connectivity index (χ1) is 13.5. The molecule has 148 valence electrons. The van der Waals surface area contributed by atoms with Crippen LogP contribution in [0.3, 0.4) is 0 Å². The topological polar surface area (TPSA) is 103 Å². The van der Waals surface area contributed by atoms with E-state index in [2.05, 4.69) is 10.6 Å². The van der Waals surface area contributed by atoms with Crippen molar-refractivity contribution < 1.29 is 28.6 Å². The predicted octanol–water partition coefficient (Wildman–Crippen LogP) is 2.85. The molecule has 8 heteroatoms. The highest BCUT2D eigenvalue weighted by molar-refractivity contribution is 6.05. The quantitative estimate of drug-likeness (QED) is 0.676. The monoisotopic (exact) mass is 386 g/mol. The molecule has 0 unspecified atom stereocenters. The van der Waals surface area contributed by atoms with E-state index in [1.807, 2.05) is 6.07 Å². The van der Waals surface area contributed by atoms with Crippen molar-refractivity contribution in [2.24, 2.45) is 0 Å². The van der Waals surface area contributed by atoms with Crippen molar-refractivity contribution in [1.82, 2.24) is 0 Å². The van der Waals surface area contributed by atoms with Gasteiger partial charge in [0.1, 0.15) is 11.5 Å². The Morgan fingerprint density at radius 1 is 0.893 bits per heavy atom. The Labute approximate surface area is 162 Å². The van der Waals surface area contributed by atoms with Crippen LogP contribution in [0.2, 0.25) is 0 Å². The van der Waals surface area contributed by atoms with Crippen LogP contribution in [0.15, 0.2) is 42.5 Å². The summed E-state index contributed by atoms with van der Waals surface area (Å²) in [5, 5.41) is 5.35. The molecule has 8 nitrogen and oxygen atoms in total. The summed E-state index contributed by atoms with van der Waals surface area (Å²) in [5.74, 6) is -0.684. The fourth-order valence-electron chi connectivity index (χ4n) is 2.31. The van der Waals surface area contributed by atoms with Crippen LogP contribution in [0, 0.1) is 0 Å². The number of hydrogen-bond donors (Lipinski definition) is 2. The van der Waals surface area contributed by atoms with E-state index in [1.165, 1.54) is 26.4 Å². The van der Waals surface area contributed by atoms with Gasteiger partial charge >= 0.3 is 5.97 Å². The van der Waals surface area contributed by atoms with Gasteiger partial charge < -0.3 is 24.8 Å². The summed E-state index contributed by atoms with van der Waals surface area (Å²) in [5.41, 5.74) is 1.18. The molecule has 2 rings (SSSR count). The van der Waals surface area contributed by atoms with Crippen LogP contribution in [0.4, 0.5) is 11.4 Å². The SMILES string of the molecule is CCC(=O)OCC(=O)Nc1cc(OC)c(NC(=O)c2ccccc2)cc1OC. The molecule has 0 radical (unpaired) electrons. The highest BCUT2D eigenvalue weighted by Crippen LogP contribution is 2.36. The molecular formula is C20H22N2O6. The highest BCUT2D eigenvalue weighted by Gasteiger charge is 2.16. The van der Waals surface area contributed by atoms with Gasteiger partial charge in [0.2, 0.25) is 0 Å². The Kier molecular flexibility index (Phi) is 7.38. The van der Waals surface area contributed by atoms with E-state index >= 15 is 0 Å². The van der Waals surface area contributed by atoms with Crippen LogP contribution < -0.4 is 20.1 Å². The Morgan fingerprint density at radius 2 is 1.46 bits per heavy atom. The first kappa shape index (κ1) is 20.8. The first-order valence-corrected chi connectivity index (χ1v) is 8.56. The van der Waals surface area contributed by atoms with Crippen molar-refractivity contribution >= 4 is 29.2 Å². The second-order valence-electron chi connectivity index (χ2n) is 5.64. The molecule has 0 atom stereocenters. The largest absolute Gasteiger partial charge is 0.494 e. The van der Waals surface area contributed by atoms with Gasteiger partial charge in [-0.25, -0.2) is 0 Å². The number of hydrogen-bond acceptors (Lipinski definition) is 6. The zero-order chi connectivity index (χ0) is 20.5. The van der Waals surface area contributed by atoms with Gasteiger partial charge in [0.05, 0.1) is 25.6 Å². The van der Waals surface area contributed by atoms with Gasteiger partial charge in [-0.1, -0.05) is 25.1 Å². The number of carbonyl (C=O) groups is 3. The lowest BCUT2D eigenvalue weighted by molar-refractivity contribution is -0.146. The second kappa shape index (κ2) is 9.96. The van der Waals surface area contributed by atoms with Crippen LogP contribution in [-0.4, -0.2) is 38.6 Å². The Bertz CT molecular complexity index is 851. The molecule has 0 saturated heterocycles. The van der Waals surface area contributed by atoms with Crippen molar-refractivity contribution in [2.45, 2.75) is 13.3 Å². The number of methoxy groups -OCH3 is 2. The maximum Gasteiger partial charge on any atom is 0.306 e. The van der Waals surface area contributed by atoms with Crippen LogP contribution in [0.5, 0.6) is 11.5 Å². The predicted molar refractivity (Wildman–Crippen MR) is 104 cm³/mol. The summed E-state index contributed by atoms with van der Waals surface area (Å²) in [4.78, 5) is 35.6. The number of esters is 1. The maximum absolute atomic E-state index is 12.4. The first-order valence-electron chi connectivity index (χ1n) is 8.56. The Morgan fingerprint density at radius 3 is 2.00 bits per heavy atom. The smallest absolute Gasteiger partial charge is 0.306 e. The summed E-state index contributed by atoms with van der Waals surface area (Å²) in [7, 11) is 2.87. The molecule has 0 spiro atoms. The van der Waals surface area contributed by atoms with Crippen LogP contribution in [0.25, 0.3) is 0 Å². The number of amides is 2. The Balaban J connectivity index is 2.19. The van der Waals surface area contributed by atoms with Gasteiger partial charge in [-0.2, -0.15) is 0 Å². The van der Waals surface area contributed by atoms with E-state index in [-0.39, 0.29) is 12.3 Å². The fraction of sp³-hybridized carbons (Fsp3) is 0.250. The van der Waals surface area contributed by atoms with E-state index in [9.17, 15) is 14.4 Å². The van der Waals surface area contributed by atoms with Crippen molar-refractivity contribution in [3.05, 3.63) is 48.0 Å². The number of carbonyl (C=O) groups excluding carboxylic acids is 3. The van der Waals surface area contributed by atoms with Crippen LogP contribution >= 0.6 is 0 Å². The molecule has 0 aliphatic heterocycles. The lowest BCUT2D eigenvalue weighted by Gasteiger charge is -2.16. The minimum absolute atomic E-state index is 0.181. The van der Waals surface area contributed by atoms with Crippen LogP contribution in [0.1, 0.15) is 23.7 Å². The van der Waals surface area contributed by atoms with Gasteiger partial charge in [0, 0.05) is 24.1 Å². The van der Waals surface area contributed by atoms with Crippen LogP contribution in [-0.2, 0) is 14.3 Å². The zero-order valence-electron chi connectivity index (χ0n) is 15.9. The average Bonchev–Trinajstić information content (AvgIpc) is 2.73. The molecule has 0 heterocycles.